The van der Waals surface area contributed by atoms with Crippen molar-refractivity contribution in [3.8, 4) is 0 Å². The highest BCUT2D eigenvalue weighted by atomic mass is 32.2. The van der Waals surface area contributed by atoms with Gasteiger partial charge in [-0.15, -0.1) is 0 Å². The topological polar surface area (TPSA) is 104 Å². The fraction of sp³-hybridized carbons (Fsp3) is 0.312. The van der Waals surface area contributed by atoms with E-state index in [1.54, 1.807) is 0 Å². The number of imide groups is 1. The largest absolute Gasteiger partial charge is 0.452 e. The van der Waals surface area contributed by atoms with Gasteiger partial charge in [0.25, 0.3) is 16.0 Å². The molecule has 0 radical (unpaired) electrons. The normalized spacial score (nSPS) is 19.4. The van der Waals surface area contributed by atoms with E-state index in [9.17, 15) is 18.0 Å². The van der Waals surface area contributed by atoms with Crippen molar-refractivity contribution >= 4 is 67.9 Å². The lowest BCUT2D eigenvalue weighted by Gasteiger charge is -2.21. The molecular weight excluding hydrogens is 444 g/mol. The monoisotopic (exact) mass is 460 g/mol. The van der Waals surface area contributed by atoms with E-state index in [4.69, 9.17) is 16.8 Å². The number of unbranched alkanes of at least 4 members (excludes halogenated alkanes) is 1. The van der Waals surface area contributed by atoms with E-state index in [2.05, 4.69) is 4.74 Å². The zero-order chi connectivity index (χ0) is 20.5. The fourth-order valence-electron chi connectivity index (χ4n) is 2.73. The van der Waals surface area contributed by atoms with Crippen molar-refractivity contribution in [2.24, 2.45) is 0 Å². The molecule has 1 N–H and O–H groups in total. The van der Waals surface area contributed by atoms with Gasteiger partial charge in [0.05, 0.1) is 18.6 Å². The van der Waals surface area contributed by atoms with Crippen LogP contribution in [0, 0.1) is 0 Å². The van der Waals surface area contributed by atoms with Gasteiger partial charge in [-0.25, -0.2) is 4.79 Å². The molecule has 0 aromatic heterocycles. The standard InChI is InChI=1S/C16H16N2O6S4/c1-24-15(20)18-13(19)12(27-16(18)25)14-17(8-4-5-9-28(21,22)23)10-6-2-3-7-11(10)26-14/h2-3,6-7H,4-5,8-9H2,1H3,(H,21,22,23)/b14-12-. The molecule has 150 valence electrons. The Kier molecular flexibility index (Phi) is 6.34. The summed E-state index contributed by atoms with van der Waals surface area (Å²) in [6, 6.07) is 7.57. The highest BCUT2D eigenvalue weighted by Crippen LogP contribution is 2.50. The van der Waals surface area contributed by atoms with Crippen LogP contribution in [0.5, 0.6) is 0 Å². The Labute approximate surface area is 176 Å². The molecule has 2 aliphatic rings. The van der Waals surface area contributed by atoms with Crippen LogP contribution in [0.2, 0.25) is 0 Å². The maximum Gasteiger partial charge on any atom is 0.422 e. The summed E-state index contributed by atoms with van der Waals surface area (Å²) in [5.41, 5.74) is 0.887. The van der Waals surface area contributed by atoms with Gasteiger partial charge in [0.1, 0.15) is 9.93 Å². The summed E-state index contributed by atoms with van der Waals surface area (Å²) >= 11 is 7.57. The minimum absolute atomic E-state index is 0.0993. The molecule has 3 rings (SSSR count). The highest BCUT2D eigenvalue weighted by molar-refractivity contribution is 8.27. The Morgan fingerprint density at radius 2 is 1.96 bits per heavy atom. The van der Waals surface area contributed by atoms with Crippen molar-refractivity contribution in [3.05, 3.63) is 34.2 Å². The van der Waals surface area contributed by atoms with E-state index in [-0.39, 0.29) is 16.5 Å². The average Bonchev–Trinajstić information content (AvgIpc) is 3.14. The molecule has 1 aromatic carbocycles. The zero-order valence-electron chi connectivity index (χ0n) is 14.7. The first-order valence-corrected chi connectivity index (χ1v) is 11.8. The molecule has 1 fully saturated rings. The predicted octanol–water partition coefficient (Wildman–Crippen LogP) is 3.06. The number of ether oxygens (including phenoxy) is 1. The first-order chi connectivity index (χ1) is 13.2. The molecule has 12 heteroatoms. The number of thioether (sulfide) groups is 2. The van der Waals surface area contributed by atoms with Crippen LogP contribution in [-0.4, -0.2) is 53.6 Å². The first kappa shape index (κ1) is 21.1. The number of fused-ring (bicyclic) bond motifs is 1. The molecule has 1 saturated heterocycles. The number of nitrogens with zero attached hydrogens (tertiary/aromatic N) is 2. The van der Waals surface area contributed by atoms with Crippen LogP contribution < -0.4 is 4.90 Å². The van der Waals surface area contributed by atoms with Crippen LogP contribution in [0.15, 0.2) is 39.1 Å². The lowest BCUT2D eigenvalue weighted by atomic mass is 10.2. The quantitative estimate of drug-likeness (QED) is 0.305. The number of rotatable bonds is 5. The molecule has 2 amide bonds. The number of hydrogen-bond donors (Lipinski definition) is 1. The van der Waals surface area contributed by atoms with Crippen LogP contribution in [0.1, 0.15) is 12.8 Å². The van der Waals surface area contributed by atoms with Crippen LogP contribution in [-0.2, 0) is 19.6 Å². The summed E-state index contributed by atoms with van der Waals surface area (Å²) in [7, 11) is -2.84. The third-order valence-corrected chi connectivity index (χ3v) is 7.44. The molecule has 0 spiro atoms. The molecule has 1 aromatic rings. The average molecular weight is 461 g/mol. The van der Waals surface area contributed by atoms with E-state index in [0.717, 1.165) is 27.2 Å². The molecule has 2 heterocycles. The summed E-state index contributed by atoms with van der Waals surface area (Å²) in [6.07, 6.45) is -0.0769. The number of benzene rings is 1. The zero-order valence-corrected chi connectivity index (χ0v) is 17.9. The van der Waals surface area contributed by atoms with E-state index in [1.807, 2.05) is 29.2 Å². The number of carbonyl (C=O) groups excluding carboxylic acids is 2. The molecule has 8 nitrogen and oxygen atoms in total. The number of methoxy groups -OCH3 is 1. The second kappa shape index (κ2) is 8.41. The van der Waals surface area contributed by atoms with Crippen molar-refractivity contribution in [3.63, 3.8) is 0 Å². The Balaban J connectivity index is 1.89. The molecule has 2 aliphatic heterocycles. The van der Waals surface area contributed by atoms with E-state index in [1.165, 1.54) is 18.9 Å². The van der Waals surface area contributed by atoms with Gasteiger partial charge in [0, 0.05) is 11.4 Å². The molecule has 0 unspecified atom stereocenters. The fourth-order valence-corrected chi connectivity index (χ4v) is 5.87. The Morgan fingerprint density at radius 3 is 2.64 bits per heavy atom. The summed E-state index contributed by atoms with van der Waals surface area (Å²) in [5.74, 6) is -0.866. The molecule has 0 bridgehead atoms. The number of hydrogen-bond acceptors (Lipinski definition) is 9. The van der Waals surface area contributed by atoms with Crippen molar-refractivity contribution in [2.45, 2.75) is 17.7 Å². The smallest absolute Gasteiger partial charge is 0.422 e. The number of anilines is 1. The van der Waals surface area contributed by atoms with Gasteiger partial charge < -0.3 is 9.64 Å². The third-order valence-electron chi connectivity index (χ3n) is 3.96. The van der Waals surface area contributed by atoms with Crippen LogP contribution in [0.4, 0.5) is 10.5 Å². The van der Waals surface area contributed by atoms with Gasteiger partial charge in [0.15, 0.2) is 4.32 Å². The third kappa shape index (κ3) is 4.35. The summed E-state index contributed by atoms with van der Waals surface area (Å²) < 4.78 is 35.5. The predicted molar refractivity (Wildman–Crippen MR) is 112 cm³/mol. The first-order valence-electron chi connectivity index (χ1n) is 8.11. The number of carbonyl (C=O) groups is 2. The summed E-state index contributed by atoms with van der Waals surface area (Å²) in [5, 5.41) is 0.636. The van der Waals surface area contributed by atoms with Crippen molar-refractivity contribution in [1.82, 2.24) is 4.90 Å². The van der Waals surface area contributed by atoms with Crippen molar-refractivity contribution < 1.29 is 27.3 Å². The molecular formula is C16H16N2O6S4. The number of amides is 2. The van der Waals surface area contributed by atoms with Gasteiger partial charge in [-0.3, -0.25) is 9.35 Å². The van der Waals surface area contributed by atoms with Gasteiger partial charge in [0.2, 0.25) is 0 Å². The lowest BCUT2D eigenvalue weighted by Crippen LogP contribution is -2.35. The molecule has 0 aliphatic carbocycles. The molecule has 28 heavy (non-hydrogen) atoms. The Bertz CT molecular complexity index is 975. The second-order valence-electron chi connectivity index (χ2n) is 5.83. The maximum absolute atomic E-state index is 12.8. The highest BCUT2D eigenvalue weighted by Gasteiger charge is 2.42. The summed E-state index contributed by atoms with van der Waals surface area (Å²) in [6.45, 7) is 0.442. The van der Waals surface area contributed by atoms with E-state index < -0.39 is 22.1 Å². The van der Waals surface area contributed by atoms with Gasteiger partial charge >= 0.3 is 6.09 Å². The minimum atomic E-state index is -4.01. The minimum Gasteiger partial charge on any atom is -0.452 e. The summed E-state index contributed by atoms with van der Waals surface area (Å²) in [4.78, 5) is 28.6. The number of para-hydroxylation sites is 1. The van der Waals surface area contributed by atoms with E-state index >= 15 is 0 Å². The van der Waals surface area contributed by atoms with Crippen LogP contribution in [0.25, 0.3) is 0 Å². The molecule has 0 saturated carbocycles. The van der Waals surface area contributed by atoms with Crippen molar-refractivity contribution in [1.29, 1.82) is 0 Å². The Hall–Kier alpha value is -1.60. The van der Waals surface area contributed by atoms with Crippen molar-refractivity contribution in [2.75, 3.05) is 24.3 Å². The number of thiocarbonyl (C=S) groups is 1. The SMILES string of the molecule is COC(=O)N1C(=O)/C(=C2/Sc3ccccc3N2CCCCS(=O)(=O)O)SC1=S. The van der Waals surface area contributed by atoms with Crippen LogP contribution >= 0.6 is 35.7 Å². The van der Waals surface area contributed by atoms with Gasteiger partial charge in [-0.1, -0.05) is 47.9 Å². The van der Waals surface area contributed by atoms with Gasteiger partial charge in [-0.2, -0.15) is 13.3 Å². The van der Waals surface area contributed by atoms with Gasteiger partial charge in [-0.05, 0) is 25.0 Å². The Morgan fingerprint density at radius 1 is 1.25 bits per heavy atom. The van der Waals surface area contributed by atoms with E-state index in [0.29, 0.717) is 22.9 Å². The lowest BCUT2D eigenvalue weighted by molar-refractivity contribution is -0.121. The second-order valence-corrected chi connectivity index (χ2v) is 10.1. The molecule has 0 atom stereocenters. The maximum atomic E-state index is 12.8. The van der Waals surface area contributed by atoms with Crippen LogP contribution in [0.3, 0.4) is 0 Å².